The molecule has 0 spiro atoms. The molecule has 3 aromatic rings. The number of rotatable bonds is 13. The molecule has 0 unspecified atom stereocenters. The van der Waals surface area contributed by atoms with Crippen molar-refractivity contribution in [3.63, 3.8) is 0 Å². The second-order valence-corrected chi connectivity index (χ2v) is 10.6. The summed E-state index contributed by atoms with van der Waals surface area (Å²) in [4.78, 5) is 24.1. The summed E-state index contributed by atoms with van der Waals surface area (Å²) < 4.78 is 18.4. The lowest BCUT2D eigenvalue weighted by Crippen LogP contribution is -2.31. The number of hydrogen-bond donors (Lipinski definition) is 3. The molecule has 4 rings (SSSR count). The van der Waals surface area contributed by atoms with Crippen LogP contribution in [0.3, 0.4) is 0 Å². The van der Waals surface area contributed by atoms with Crippen molar-refractivity contribution in [1.29, 1.82) is 0 Å². The van der Waals surface area contributed by atoms with Gasteiger partial charge >= 0.3 is 5.97 Å². The number of ether oxygens (including phenoxy) is 3. The summed E-state index contributed by atoms with van der Waals surface area (Å²) in [6.45, 7) is -0.0201. The van der Waals surface area contributed by atoms with Crippen molar-refractivity contribution in [3.05, 3.63) is 89.5 Å². The van der Waals surface area contributed by atoms with Crippen molar-refractivity contribution in [2.45, 2.75) is 62.1 Å². The molecule has 0 bridgehead atoms. The Morgan fingerprint density at radius 1 is 0.975 bits per heavy atom. The largest absolute Gasteiger partial charge is 0.496 e. The first-order valence-corrected chi connectivity index (χ1v) is 14.3. The predicted octanol–water partition coefficient (Wildman–Crippen LogP) is 6.11. The lowest BCUT2D eigenvalue weighted by Gasteiger charge is -2.36. The number of para-hydroxylation sites is 1. The first-order chi connectivity index (χ1) is 19.4. The minimum Gasteiger partial charge on any atom is -0.496 e. The minimum absolute atomic E-state index is 0.0201. The fourth-order valence-electron chi connectivity index (χ4n) is 4.49. The van der Waals surface area contributed by atoms with E-state index in [1.165, 1.54) is 0 Å². The second-order valence-electron chi connectivity index (χ2n) is 9.59. The normalized spacial score (nSPS) is 18.7. The quantitative estimate of drug-likeness (QED) is 0.168. The highest BCUT2D eigenvalue weighted by atomic mass is 32.2. The van der Waals surface area contributed by atoms with Crippen molar-refractivity contribution >= 4 is 29.3 Å². The van der Waals surface area contributed by atoms with Crippen molar-refractivity contribution < 1.29 is 34.0 Å². The number of hydrogen-bond acceptors (Lipinski definition) is 7. The fourth-order valence-corrected chi connectivity index (χ4v) is 5.54. The first kappa shape index (κ1) is 29.6. The van der Waals surface area contributed by atoms with Crippen LogP contribution in [0.5, 0.6) is 5.75 Å². The molecule has 1 fully saturated rings. The van der Waals surface area contributed by atoms with Gasteiger partial charge in [-0.05, 0) is 48.2 Å². The second kappa shape index (κ2) is 14.9. The number of benzene rings is 3. The highest BCUT2D eigenvalue weighted by Crippen LogP contribution is 2.40. The van der Waals surface area contributed by atoms with E-state index in [2.05, 4.69) is 5.32 Å². The topological polar surface area (TPSA) is 114 Å². The molecule has 0 aromatic heterocycles. The number of anilines is 1. The zero-order valence-corrected chi connectivity index (χ0v) is 23.3. The van der Waals surface area contributed by atoms with Crippen LogP contribution < -0.4 is 10.1 Å². The van der Waals surface area contributed by atoms with E-state index in [1.54, 1.807) is 18.9 Å². The van der Waals surface area contributed by atoms with Crippen LogP contribution in [0.2, 0.25) is 0 Å². The van der Waals surface area contributed by atoms with Gasteiger partial charge in [0.2, 0.25) is 5.91 Å². The van der Waals surface area contributed by atoms with E-state index in [0.717, 1.165) is 27.3 Å². The molecule has 1 amide bonds. The standard InChI is InChI=1S/C31H35NO7S/c1-37-26-9-2-3-10-28(26)40-20-25-18-27(22-15-13-21(19-33)14-16-22)39-31(38-25)23-7-6-8-24(17-23)32-29(34)11-4-5-12-30(35)36/h2-3,6-10,13-17,25,27,31,33H,4-5,11-12,18-20H2,1H3,(H,32,34)(H,35,36)/t25-,27+,31+/m1/s1. The number of carbonyl (C=O) groups is 2. The number of thioether (sulfide) groups is 1. The van der Waals surface area contributed by atoms with Crippen LogP contribution in [0.4, 0.5) is 5.69 Å². The van der Waals surface area contributed by atoms with Crippen molar-refractivity contribution in [2.75, 3.05) is 18.2 Å². The summed E-state index contributed by atoms with van der Waals surface area (Å²) in [6, 6.07) is 23.1. The molecular weight excluding hydrogens is 530 g/mol. The van der Waals surface area contributed by atoms with Crippen LogP contribution >= 0.6 is 11.8 Å². The molecule has 3 atom stereocenters. The van der Waals surface area contributed by atoms with Gasteiger partial charge in [-0.1, -0.05) is 48.5 Å². The number of aliphatic hydroxyl groups excluding tert-OH is 1. The number of nitrogens with one attached hydrogen (secondary N) is 1. The Hall–Kier alpha value is -3.37. The molecule has 40 heavy (non-hydrogen) atoms. The smallest absolute Gasteiger partial charge is 0.303 e. The number of amides is 1. The van der Waals surface area contributed by atoms with Gasteiger partial charge in [-0.25, -0.2) is 0 Å². The van der Waals surface area contributed by atoms with Crippen molar-refractivity contribution in [3.8, 4) is 5.75 Å². The first-order valence-electron chi connectivity index (χ1n) is 13.3. The summed E-state index contributed by atoms with van der Waals surface area (Å²) in [6.07, 6.45) is 0.944. The average molecular weight is 566 g/mol. The molecule has 9 heteroatoms. The highest BCUT2D eigenvalue weighted by molar-refractivity contribution is 7.99. The third-order valence-electron chi connectivity index (χ3n) is 6.60. The number of unbranched alkanes of at least 4 members (excludes halogenated alkanes) is 1. The molecule has 0 saturated carbocycles. The van der Waals surface area contributed by atoms with Crippen LogP contribution in [0.1, 0.15) is 61.2 Å². The maximum atomic E-state index is 12.4. The number of aliphatic hydroxyl groups is 1. The van der Waals surface area contributed by atoms with E-state index in [4.69, 9.17) is 19.3 Å². The Morgan fingerprint density at radius 2 is 1.75 bits per heavy atom. The Balaban J connectivity index is 1.47. The summed E-state index contributed by atoms with van der Waals surface area (Å²) in [5, 5.41) is 21.1. The van der Waals surface area contributed by atoms with Crippen LogP contribution in [-0.4, -0.2) is 41.1 Å². The van der Waals surface area contributed by atoms with Crippen LogP contribution in [0, 0.1) is 0 Å². The van der Waals surface area contributed by atoms with Gasteiger partial charge in [0.25, 0.3) is 0 Å². The maximum Gasteiger partial charge on any atom is 0.303 e. The molecule has 1 saturated heterocycles. The Morgan fingerprint density at radius 3 is 2.50 bits per heavy atom. The van der Waals surface area contributed by atoms with Gasteiger partial charge in [0.15, 0.2) is 6.29 Å². The number of aliphatic carboxylic acids is 1. The summed E-state index contributed by atoms with van der Waals surface area (Å²) in [7, 11) is 1.66. The lowest BCUT2D eigenvalue weighted by atomic mass is 10.0. The maximum absolute atomic E-state index is 12.4. The van der Waals surface area contributed by atoms with E-state index in [1.807, 2.05) is 72.8 Å². The Labute approximate surface area is 238 Å². The molecule has 0 aliphatic carbocycles. The van der Waals surface area contributed by atoms with E-state index in [-0.39, 0.29) is 37.6 Å². The van der Waals surface area contributed by atoms with E-state index >= 15 is 0 Å². The van der Waals surface area contributed by atoms with Gasteiger partial charge in [-0.15, -0.1) is 11.8 Å². The molecule has 212 valence electrons. The number of carboxylic acids is 1. The summed E-state index contributed by atoms with van der Waals surface area (Å²) >= 11 is 1.67. The zero-order chi connectivity index (χ0) is 28.3. The molecule has 1 aliphatic heterocycles. The predicted molar refractivity (Wildman–Crippen MR) is 153 cm³/mol. The number of carboxylic acid groups (broad SMARTS) is 1. The van der Waals surface area contributed by atoms with Crippen LogP contribution in [-0.2, 0) is 25.7 Å². The average Bonchev–Trinajstić information content (AvgIpc) is 2.98. The van der Waals surface area contributed by atoms with Gasteiger partial charge in [0.05, 0.1) is 25.9 Å². The molecule has 1 heterocycles. The Bertz CT molecular complexity index is 1270. The van der Waals surface area contributed by atoms with Crippen molar-refractivity contribution in [2.24, 2.45) is 0 Å². The van der Waals surface area contributed by atoms with Gasteiger partial charge in [-0.3, -0.25) is 9.59 Å². The molecular formula is C31H35NO7S. The van der Waals surface area contributed by atoms with Gasteiger partial charge in [-0.2, -0.15) is 0 Å². The highest BCUT2D eigenvalue weighted by Gasteiger charge is 2.32. The van der Waals surface area contributed by atoms with Crippen LogP contribution in [0.15, 0.2) is 77.7 Å². The fraction of sp³-hybridized carbons (Fsp3) is 0.355. The van der Waals surface area contributed by atoms with Gasteiger partial charge in [0, 0.05) is 41.2 Å². The van der Waals surface area contributed by atoms with E-state index in [9.17, 15) is 14.7 Å². The number of carbonyl (C=O) groups excluding carboxylic acids is 1. The Kier molecular flexibility index (Phi) is 11.0. The molecule has 3 aromatic carbocycles. The van der Waals surface area contributed by atoms with E-state index in [0.29, 0.717) is 30.7 Å². The summed E-state index contributed by atoms with van der Waals surface area (Å²) in [5.41, 5.74) is 3.25. The SMILES string of the molecule is COc1ccccc1SC[C@H]1C[C@@H](c2ccc(CO)cc2)O[C@@H](c2cccc(NC(=O)CCCCC(=O)O)c2)O1. The molecule has 3 N–H and O–H groups in total. The third kappa shape index (κ3) is 8.56. The van der Waals surface area contributed by atoms with Gasteiger partial charge < -0.3 is 29.7 Å². The third-order valence-corrected chi connectivity index (χ3v) is 7.78. The molecule has 1 aliphatic rings. The van der Waals surface area contributed by atoms with Gasteiger partial charge in [0.1, 0.15) is 5.75 Å². The monoisotopic (exact) mass is 565 g/mol. The van der Waals surface area contributed by atoms with Crippen molar-refractivity contribution in [1.82, 2.24) is 0 Å². The molecule has 8 nitrogen and oxygen atoms in total. The van der Waals surface area contributed by atoms with Crippen LogP contribution in [0.25, 0.3) is 0 Å². The minimum atomic E-state index is -0.858. The van der Waals surface area contributed by atoms with E-state index < -0.39 is 12.3 Å². The summed E-state index contributed by atoms with van der Waals surface area (Å²) in [5.74, 6) is 0.487. The number of methoxy groups -OCH3 is 1. The zero-order valence-electron chi connectivity index (χ0n) is 22.5. The molecule has 0 radical (unpaired) electrons. The lowest BCUT2D eigenvalue weighted by molar-refractivity contribution is -0.245.